The first kappa shape index (κ1) is 24.1. The van der Waals surface area contributed by atoms with E-state index in [9.17, 15) is 13.6 Å². The summed E-state index contributed by atoms with van der Waals surface area (Å²) in [6.45, 7) is 4.85. The first-order chi connectivity index (χ1) is 14.9. The van der Waals surface area contributed by atoms with Crippen LogP contribution >= 0.6 is 12.4 Å². The number of rotatable bonds is 6. The predicted octanol–water partition coefficient (Wildman–Crippen LogP) is 5.18. The molecule has 0 bridgehead atoms. The quantitative estimate of drug-likeness (QED) is 0.551. The molecule has 1 N–H and O–H groups in total. The lowest BCUT2D eigenvalue weighted by Gasteiger charge is -2.37. The van der Waals surface area contributed by atoms with Crippen LogP contribution in [-0.2, 0) is 9.53 Å². The number of nitrogens with one attached hydrogen (secondary N) is 1. The minimum atomic E-state index is -0.910. The van der Waals surface area contributed by atoms with Crippen LogP contribution in [0.25, 0.3) is 10.8 Å². The van der Waals surface area contributed by atoms with Gasteiger partial charge in [-0.2, -0.15) is 0 Å². The maximum absolute atomic E-state index is 13.6. The number of ether oxygens (including phenoxy) is 1. The Kier molecular flexibility index (Phi) is 7.82. The van der Waals surface area contributed by atoms with E-state index in [0.29, 0.717) is 18.7 Å². The van der Waals surface area contributed by atoms with Crippen LogP contribution in [0.1, 0.15) is 37.1 Å². The van der Waals surface area contributed by atoms with Crippen LogP contribution in [0.15, 0.2) is 60.7 Å². The molecule has 1 aliphatic heterocycles. The summed E-state index contributed by atoms with van der Waals surface area (Å²) in [5, 5.41) is 5.92. The average Bonchev–Trinajstić information content (AvgIpc) is 2.79. The zero-order valence-corrected chi connectivity index (χ0v) is 18.9. The molecule has 32 heavy (non-hydrogen) atoms. The Labute approximate surface area is 193 Å². The molecule has 7 heteroatoms. The monoisotopic (exact) mass is 460 g/mol. The van der Waals surface area contributed by atoms with E-state index in [1.165, 1.54) is 22.4 Å². The molecule has 170 valence electrons. The summed E-state index contributed by atoms with van der Waals surface area (Å²) in [7, 11) is 0. The molecule has 3 aromatic rings. The Bertz CT molecular complexity index is 1090. The molecule has 3 aromatic carbocycles. The molecule has 2 unspecified atom stereocenters. The summed E-state index contributed by atoms with van der Waals surface area (Å²) < 4.78 is 32.7. The highest BCUT2D eigenvalue weighted by Gasteiger charge is 2.30. The number of benzene rings is 3. The van der Waals surface area contributed by atoms with Gasteiger partial charge in [-0.15, -0.1) is 12.4 Å². The Morgan fingerprint density at radius 3 is 2.59 bits per heavy atom. The first-order valence-electron chi connectivity index (χ1n) is 10.5. The standard InChI is InChI=1S/C25H26F2N2O2.ClH/c1-16(21-9-5-7-18-6-3-4-8-22(18)21)28-13-20-14-29(25(30)15-31-20)17(2)19-10-11-23(26)24(27)12-19;/h3-12,16-17,20,28H,13-15H2,1-2H3;1H/t16-,17?,20?;/m1./s1. The number of halogens is 3. The Hall–Kier alpha value is -2.54. The van der Waals surface area contributed by atoms with E-state index < -0.39 is 11.6 Å². The van der Waals surface area contributed by atoms with E-state index in [4.69, 9.17) is 4.74 Å². The summed E-state index contributed by atoms with van der Waals surface area (Å²) >= 11 is 0. The zero-order chi connectivity index (χ0) is 22.0. The number of amides is 1. The van der Waals surface area contributed by atoms with Crippen molar-refractivity contribution < 1.29 is 18.3 Å². The number of carbonyl (C=O) groups excluding carboxylic acids is 1. The van der Waals surface area contributed by atoms with Crippen LogP contribution < -0.4 is 5.32 Å². The van der Waals surface area contributed by atoms with Crippen molar-refractivity contribution in [2.24, 2.45) is 0 Å². The fourth-order valence-corrected chi connectivity index (χ4v) is 4.14. The van der Waals surface area contributed by atoms with E-state index in [1.54, 1.807) is 4.90 Å². The van der Waals surface area contributed by atoms with Gasteiger partial charge in [-0.25, -0.2) is 8.78 Å². The van der Waals surface area contributed by atoms with Crippen molar-refractivity contribution in [3.05, 3.63) is 83.4 Å². The second kappa shape index (κ2) is 10.4. The van der Waals surface area contributed by atoms with Gasteiger partial charge in [0.1, 0.15) is 6.61 Å². The van der Waals surface area contributed by atoms with Gasteiger partial charge in [-0.05, 0) is 47.9 Å². The highest BCUT2D eigenvalue weighted by molar-refractivity contribution is 5.86. The molecular weight excluding hydrogens is 434 g/mol. The van der Waals surface area contributed by atoms with Gasteiger partial charge in [-0.1, -0.05) is 48.5 Å². The van der Waals surface area contributed by atoms with Crippen LogP contribution in [0.3, 0.4) is 0 Å². The molecule has 0 aliphatic carbocycles. The topological polar surface area (TPSA) is 41.6 Å². The highest BCUT2D eigenvalue weighted by atomic mass is 35.5. The molecule has 1 fully saturated rings. The fourth-order valence-electron chi connectivity index (χ4n) is 4.14. The van der Waals surface area contributed by atoms with Gasteiger partial charge in [0.15, 0.2) is 11.6 Å². The third-order valence-electron chi connectivity index (χ3n) is 6.00. The summed E-state index contributed by atoms with van der Waals surface area (Å²) in [4.78, 5) is 14.1. The smallest absolute Gasteiger partial charge is 0.249 e. The van der Waals surface area contributed by atoms with Gasteiger partial charge in [-0.3, -0.25) is 4.79 Å². The largest absolute Gasteiger partial charge is 0.365 e. The van der Waals surface area contributed by atoms with Crippen molar-refractivity contribution in [3.63, 3.8) is 0 Å². The van der Waals surface area contributed by atoms with E-state index in [2.05, 4.69) is 42.6 Å². The van der Waals surface area contributed by atoms with Gasteiger partial charge in [0.05, 0.1) is 12.1 Å². The van der Waals surface area contributed by atoms with Crippen LogP contribution in [0.5, 0.6) is 0 Å². The van der Waals surface area contributed by atoms with Crippen molar-refractivity contribution in [3.8, 4) is 0 Å². The number of nitrogens with zero attached hydrogens (tertiary/aromatic N) is 1. The van der Waals surface area contributed by atoms with Crippen molar-refractivity contribution in [2.45, 2.75) is 32.0 Å². The molecule has 0 spiro atoms. The Morgan fingerprint density at radius 1 is 1.06 bits per heavy atom. The third kappa shape index (κ3) is 5.09. The summed E-state index contributed by atoms with van der Waals surface area (Å²) in [6, 6.07) is 18.0. The van der Waals surface area contributed by atoms with Crippen LogP contribution in [0, 0.1) is 11.6 Å². The average molecular weight is 461 g/mol. The van der Waals surface area contributed by atoms with Crippen molar-refractivity contribution in [1.82, 2.24) is 10.2 Å². The normalized spacial score (nSPS) is 18.3. The lowest BCUT2D eigenvalue weighted by Crippen LogP contribution is -2.50. The SMILES string of the molecule is CC(c1ccc(F)c(F)c1)N1CC(CN[C@H](C)c2cccc3ccccc23)OCC1=O.Cl. The second-order valence-corrected chi connectivity index (χ2v) is 8.03. The van der Waals surface area contributed by atoms with Gasteiger partial charge < -0.3 is 15.0 Å². The highest BCUT2D eigenvalue weighted by Crippen LogP contribution is 2.26. The minimum Gasteiger partial charge on any atom is -0.365 e. The summed E-state index contributed by atoms with van der Waals surface area (Å²) in [5.74, 6) is -1.96. The Balaban J connectivity index is 0.00000289. The third-order valence-corrected chi connectivity index (χ3v) is 6.00. The molecule has 4 rings (SSSR count). The molecule has 0 saturated carbocycles. The number of hydrogen-bond donors (Lipinski definition) is 1. The van der Waals surface area contributed by atoms with Gasteiger partial charge in [0.2, 0.25) is 5.91 Å². The lowest BCUT2D eigenvalue weighted by molar-refractivity contribution is -0.151. The van der Waals surface area contributed by atoms with E-state index in [1.807, 2.05) is 19.1 Å². The lowest BCUT2D eigenvalue weighted by atomic mass is 9.99. The summed E-state index contributed by atoms with van der Waals surface area (Å²) in [5.41, 5.74) is 1.77. The maximum atomic E-state index is 13.6. The number of carbonyl (C=O) groups is 1. The molecule has 1 amide bonds. The minimum absolute atomic E-state index is 0. The summed E-state index contributed by atoms with van der Waals surface area (Å²) in [6.07, 6.45) is -0.192. The van der Waals surface area contributed by atoms with Crippen LogP contribution in [-0.4, -0.2) is 36.6 Å². The zero-order valence-electron chi connectivity index (χ0n) is 18.1. The molecule has 0 aromatic heterocycles. The molecular formula is C25H27ClF2N2O2. The van der Waals surface area contributed by atoms with E-state index in [0.717, 1.165) is 12.1 Å². The maximum Gasteiger partial charge on any atom is 0.249 e. The van der Waals surface area contributed by atoms with Gasteiger partial charge >= 0.3 is 0 Å². The van der Waals surface area contributed by atoms with Gasteiger partial charge in [0, 0.05) is 19.1 Å². The fraction of sp³-hybridized carbons (Fsp3) is 0.320. The van der Waals surface area contributed by atoms with Crippen molar-refractivity contribution in [2.75, 3.05) is 19.7 Å². The van der Waals surface area contributed by atoms with Crippen molar-refractivity contribution >= 4 is 29.1 Å². The molecule has 1 aliphatic rings. The predicted molar refractivity (Wildman–Crippen MR) is 124 cm³/mol. The Morgan fingerprint density at radius 2 is 1.81 bits per heavy atom. The number of hydrogen-bond acceptors (Lipinski definition) is 3. The molecule has 0 radical (unpaired) electrons. The molecule has 3 atom stereocenters. The van der Waals surface area contributed by atoms with E-state index >= 15 is 0 Å². The number of fused-ring (bicyclic) bond motifs is 1. The molecule has 4 nitrogen and oxygen atoms in total. The van der Waals surface area contributed by atoms with Gasteiger partial charge in [0.25, 0.3) is 0 Å². The van der Waals surface area contributed by atoms with Crippen LogP contribution in [0.4, 0.5) is 8.78 Å². The van der Waals surface area contributed by atoms with Crippen molar-refractivity contribution in [1.29, 1.82) is 0 Å². The van der Waals surface area contributed by atoms with E-state index in [-0.39, 0.29) is 43.1 Å². The molecule has 1 saturated heterocycles. The second-order valence-electron chi connectivity index (χ2n) is 8.03. The number of morpholine rings is 1. The molecule has 1 heterocycles. The van der Waals surface area contributed by atoms with Crippen LogP contribution in [0.2, 0.25) is 0 Å². The first-order valence-corrected chi connectivity index (χ1v) is 10.5.